The molecule has 1 atom stereocenters. The molecule has 1 fully saturated rings. The number of fused-ring (bicyclic) bond motifs is 2. The number of piperidine rings is 1. The number of carbonyl (C=O) groups excluding carboxylic acids is 1. The van der Waals surface area contributed by atoms with E-state index in [1.807, 2.05) is 27.7 Å². The minimum absolute atomic E-state index is 0.0821. The number of thiazole rings is 1. The van der Waals surface area contributed by atoms with Gasteiger partial charge in [0.15, 0.2) is 5.65 Å². The fraction of sp³-hybridized carbons (Fsp3) is 0.333. The van der Waals surface area contributed by atoms with Crippen LogP contribution in [0.25, 0.3) is 27.5 Å². The molecule has 1 aromatic carbocycles. The lowest BCUT2D eigenvalue weighted by Crippen LogP contribution is -2.45. The van der Waals surface area contributed by atoms with E-state index in [0.29, 0.717) is 18.5 Å². The smallest absolute Gasteiger partial charge is 0.298 e. The van der Waals surface area contributed by atoms with E-state index in [9.17, 15) is 4.79 Å². The molecular weight excluding hydrogens is 488 g/mol. The third kappa shape index (κ3) is 4.41. The third-order valence-electron chi connectivity index (χ3n) is 6.85. The van der Waals surface area contributed by atoms with Crippen molar-refractivity contribution in [1.29, 1.82) is 0 Å². The molecule has 5 heterocycles. The van der Waals surface area contributed by atoms with Crippen LogP contribution < -0.4 is 14.8 Å². The number of nitrogens with zero attached hydrogens (tertiary/aromatic N) is 5. The van der Waals surface area contributed by atoms with E-state index in [4.69, 9.17) is 14.5 Å². The number of carbonyl (C=O) groups is 1. The first-order chi connectivity index (χ1) is 18.1. The van der Waals surface area contributed by atoms with Crippen molar-refractivity contribution >= 4 is 22.9 Å². The van der Waals surface area contributed by atoms with Crippen molar-refractivity contribution in [2.24, 2.45) is 0 Å². The molecule has 0 spiro atoms. The van der Waals surface area contributed by atoms with Gasteiger partial charge in [-0.15, -0.1) is 16.4 Å². The van der Waals surface area contributed by atoms with Crippen LogP contribution in [0.15, 0.2) is 42.0 Å². The van der Waals surface area contributed by atoms with Gasteiger partial charge in [0.2, 0.25) is 5.88 Å². The highest BCUT2D eigenvalue weighted by Gasteiger charge is 2.30. The topological polar surface area (TPSA) is 93.9 Å². The summed E-state index contributed by atoms with van der Waals surface area (Å²) in [4.78, 5) is 24.0. The minimum Gasteiger partial charge on any atom is -0.491 e. The van der Waals surface area contributed by atoms with Gasteiger partial charge in [0.1, 0.15) is 23.7 Å². The lowest BCUT2D eigenvalue weighted by atomic mass is 10.00. The zero-order chi connectivity index (χ0) is 25.4. The number of amides is 1. The number of likely N-dealkylation sites (tertiary alicyclic amines) is 1. The normalized spacial score (nSPS) is 17.2. The monoisotopic (exact) mass is 514 g/mol. The van der Waals surface area contributed by atoms with Crippen molar-refractivity contribution in [2.45, 2.75) is 31.8 Å². The Labute approximate surface area is 218 Å². The van der Waals surface area contributed by atoms with Crippen molar-refractivity contribution in [3.05, 3.63) is 47.6 Å². The highest BCUT2D eigenvalue weighted by Crippen LogP contribution is 2.40. The van der Waals surface area contributed by atoms with E-state index >= 15 is 0 Å². The Hall–Kier alpha value is -3.94. The van der Waals surface area contributed by atoms with Gasteiger partial charge in [0, 0.05) is 42.5 Å². The summed E-state index contributed by atoms with van der Waals surface area (Å²) in [5.74, 6) is 6.63. The van der Waals surface area contributed by atoms with Crippen LogP contribution in [0, 0.1) is 11.8 Å². The van der Waals surface area contributed by atoms with Crippen LogP contribution in [0.5, 0.6) is 11.6 Å². The van der Waals surface area contributed by atoms with Crippen molar-refractivity contribution in [3.8, 4) is 45.3 Å². The van der Waals surface area contributed by atoms with Gasteiger partial charge in [-0.1, -0.05) is 18.1 Å². The van der Waals surface area contributed by atoms with Gasteiger partial charge in [-0.25, -0.2) is 9.50 Å². The van der Waals surface area contributed by atoms with Gasteiger partial charge in [0.05, 0.1) is 23.5 Å². The predicted octanol–water partition coefficient (Wildman–Crippen LogP) is 3.57. The molecule has 188 valence electrons. The SMILES string of the molecule is CC#CC(=O)N1CCC(N[C@H]2COc3cc(-c4nc5ccc(OC)nn5c4-c4cncs4)ccc32)CC1. The average molecular weight is 515 g/mol. The first kappa shape index (κ1) is 23.5. The van der Waals surface area contributed by atoms with Crippen molar-refractivity contribution < 1.29 is 14.3 Å². The molecule has 0 aliphatic carbocycles. The quantitative estimate of drug-likeness (QED) is 0.407. The van der Waals surface area contributed by atoms with E-state index in [-0.39, 0.29) is 11.9 Å². The van der Waals surface area contributed by atoms with Crippen molar-refractivity contribution in [2.75, 3.05) is 26.8 Å². The number of hydrogen-bond acceptors (Lipinski definition) is 8. The largest absolute Gasteiger partial charge is 0.491 e. The molecule has 2 aliphatic heterocycles. The molecule has 4 aromatic rings. The summed E-state index contributed by atoms with van der Waals surface area (Å²) < 4.78 is 13.3. The van der Waals surface area contributed by atoms with E-state index in [0.717, 1.165) is 64.7 Å². The second kappa shape index (κ2) is 9.84. The summed E-state index contributed by atoms with van der Waals surface area (Å²) >= 11 is 1.54. The van der Waals surface area contributed by atoms with Crippen molar-refractivity contribution in [1.82, 2.24) is 29.8 Å². The highest BCUT2D eigenvalue weighted by molar-refractivity contribution is 7.13. The van der Waals surface area contributed by atoms with Gasteiger partial charge in [-0.3, -0.25) is 9.78 Å². The number of nitrogens with one attached hydrogen (secondary N) is 1. The third-order valence-corrected chi connectivity index (χ3v) is 7.63. The van der Waals surface area contributed by atoms with E-state index < -0.39 is 0 Å². The summed E-state index contributed by atoms with van der Waals surface area (Å²) in [7, 11) is 1.60. The van der Waals surface area contributed by atoms with Crippen LogP contribution in [-0.2, 0) is 4.79 Å². The average Bonchev–Trinajstić information content (AvgIpc) is 3.67. The number of rotatable bonds is 5. The van der Waals surface area contributed by atoms with Gasteiger partial charge in [-0.2, -0.15) is 0 Å². The lowest BCUT2D eigenvalue weighted by Gasteiger charge is -2.32. The second-order valence-corrected chi connectivity index (χ2v) is 9.93. The highest BCUT2D eigenvalue weighted by atomic mass is 32.1. The molecular formula is C27H26N6O3S. The fourth-order valence-corrected chi connectivity index (χ4v) is 5.65. The van der Waals surface area contributed by atoms with Crippen LogP contribution in [-0.4, -0.2) is 63.2 Å². The molecule has 0 radical (unpaired) electrons. The fourth-order valence-electron chi connectivity index (χ4n) is 5.00. The second-order valence-electron chi connectivity index (χ2n) is 9.04. The summed E-state index contributed by atoms with van der Waals surface area (Å²) in [5, 5.41) is 8.35. The molecule has 0 saturated carbocycles. The Morgan fingerprint density at radius 1 is 1.24 bits per heavy atom. The van der Waals surface area contributed by atoms with Crippen molar-refractivity contribution in [3.63, 3.8) is 0 Å². The Morgan fingerprint density at radius 2 is 2.11 bits per heavy atom. The Morgan fingerprint density at radius 3 is 2.86 bits per heavy atom. The molecule has 2 aliphatic rings. The first-order valence-corrected chi connectivity index (χ1v) is 13.1. The molecule has 37 heavy (non-hydrogen) atoms. The molecule has 0 bridgehead atoms. The number of benzene rings is 1. The first-order valence-electron chi connectivity index (χ1n) is 12.2. The maximum Gasteiger partial charge on any atom is 0.298 e. The maximum absolute atomic E-state index is 12.0. The van der Waals surface area contributed by atoms with Crippen LogP contribution >= 0.6 is 11.3 Å². The van der Waals surface area contributed by atoms with Crippen LogP contribution in [0.2, 0.25) is 0 Å². The molecule has 1 saturated heterocycles. The van der Waals surface area contributed by atoms with Gasteiger partial charge in [-0.05, 0) is 37.8 Å². The minimum atomic E-state index is -0.0821. The Balaban J connectivity index is 1.25. The van der Waals surface area contributed by atoms with E-state index in [2.05, 4.69) is 45.4 Å². The van der Waals surface area contributed by atoms with E-state index in [1.165, 1.54) is 0 Å². The number of ether oxygens (including phenoxy) is 2. The number of aromatic nitrogens is 4. The van der Waals surface area contributed by atoms with Gasteiger partial charge >= 0.3 is 0 Å². The Bertz CT molecular complexity index is 1510. The molecule has 0 unspecified atom stereocenters. The lowest BCUT2D eigenvalue weighted by molar-refractivity contribution is -0.126. The molecule has 1 N–H and O–H groups in total. The Kier molecular flexibility index (Phi) is 6.24. The maximum atomic E-state index is 12.0. The summed E-state index contributed by atoms with van der Waals surface area (Å²) in [6, 6.07) is 10.4. The zero-order valence-electron chi connectivity index (χ0n) is 20.6. The number of methoxy groups -OCH3 is 1. The molecule has 6 rings (SSSR count). The zero-order valence-corrected chi connectivity index (χ0v) is 21.4. The van der Waals surface area contributed by atoms with Crippen LogP contribution in [0.1, 0.15) is 31.4 Å². The molecule has 1 amide bonds. The van der Waals surface area contributed by atoms with Gasteiger partial charge in [0.25, 0.3) is 5.91 Å². The molecule has 3 aromatic heterocycles. The molecule has 10 heteroatoms. The standard InChI is InChI=1S/C27H26N6O3S/c1-3-4-25(34)32-11-9-18(10-12-32)29-20-15-36-21-13-17(5-6-19(20)21)26-27(22-14-28-16-37-22)33-23(30-26)7-8-24(31-33)35-2/h5-8,13-14,16,18,20,29H,9-12,15H2,1-2H3/t20-/m0/s1. The molecule has 9 nitrogen and oxygen atoms in total. The van der Waals surface area contributed by atoms with Crippen LogP contribution in [0.4, 0.5) is 0 Å². The number of hydrogen-bond donors (Lipinski definition) is 1. The van der Waals surface area contributed by atoms with Gasteiger partial charge < -0.3 is 19.7 Å². The predicted molar refractivity (Wildman–Crippen MR) is 141 cm³/mol. The number of imidazole rings is 1. The van der Waals surface area contributed by atoms with E-state index in [1.54, 1.807) is 30.9 Å². The summed E-state index contributed by atoms with van der Waals surface area (Å²) in [6.07, 6.45) is 3.63. The summed E-state index contributed by atoms with van der Waals surface area (Å²) in [5.41, 5.74) is 6.32. The van der Waals surface area contributed by atoms with Crippen LogP contribution in [0.3, 0.4) is 0 Å². The summed E-state index contributed by atoms with van der Waals surface area (Å²) in [6.45, 7) is 3.71.